The number of benzene rings is 3. The summed E-state index contributed by atoms with van der Waals surface area (Å²) < 4.78 is 54.2. The maximum atomic E-state index is 12.7. The summed E-state index contributed by atoms with van der Waals surface area (Å²) in [5.74, 6) is -3.62. The number of hydrogen-bond acceptors (Lipinski definition) is 7. The summed E-state index contributed by atoms with van der Waals surface area (Å²) in [4.78, 5) is 28.2. The number of aromatic nitrogens is 1. The molecule has 0 amide bonds. The third-order valence-corrected chi connectivity index (χ3v) is 6.52. The van der Waals surface area contributed by atoms with E-state index in [2.05, 4.69) is 31.0 Å². The Bertz CT molecular complexity index is 1390. The number of carbonyl (C=O) groups excluding carboxylic acids is 2. The van der Waals surface area contributed by atoms with Crippen molar-refractivity contribution < 1.29 is 36.7 Å². The lowest BCUT2D eigenvalue weighted by Gasteiger charge is -2.17. The molecule has 11 heteroatoms. The zero-order valence-corrected chi connectivity index (χ0v) is 22.1. The smallest absolute Gasteiger partial charge is 0.491 e. The summed E-state index contributed by atoms with van der Waals surface area (Å²) in [5.41, 5.74) is 2.89. The Morgan fingerprint density at radius 2 is 1.69 bits per heavy atom. The number of esters is 2. The third-order valence-electron chi connectivity index (χ3n) is 5.75. The van der Waals surface area contributed by atoms with E-state index in [1.807, 2.05) is 24.3 Å². The molecule has 1 unspecified atom stereocenters. The van der Waals surface area contributed by atoms with E-state index in [-0.39, 0.29) is 12.8 Å². The lowest BCUT2D eigenvalue weighted by atomic mass is 9.92. The zero-order chi connectivity index (χ0) is 27.8. The van der Waals surface area contributed by atoms with Gasteiger partial charge in [0, 0.05) is 11.0 Å². The van der Waals surface area contributed by atoms with Gasteiger partial charge in [-0.25, -0.2) is 9.78 Å². The van der Waals surface area contributed by atoms with Crippen molar-refractivity contribution in [2.45, 2.75) is 25.6 Å². The number of nitrogens with zero attached hydrogens (tertiary/aromatic N) is 1. The normalized spacial score (nSPS) is 12.3. The highest BCUT2D eigenvalue weighted by Gasteiger charge is 2.43. The Morgan fingerprint density at radius 1 is 0.974 bits per heavy atom. The van der Waals surface area contributed by atoms with Gasteiger partial charge in [-0.05, 0) is 54.3 Å². The summed E-state index contributed by atoms with van der Waals surface area (Å²) in [5, 5.41) is 3.19. The number of oxazole rings is 1. The molecular weight excluding hydrogens is 581 g/mol. The monoisotopic (exact) mass is 604 g/mol. The molecule has 1 atom stereocenters. The molecule has 1 aromatic heterocycles. The van der Waals surface area contributed by atoms with Crippen molar-refractivity contribution in [1.29, 1.82) is 0 Å². The van der Waals surface area contributed by atoms with E-state index in [9.17, 15) is 22.8 Å². The first-order valence-electron chi connectivity index (χ1n) is 12.0. The fourth-order valence-electron chi connectivity index (χ4n) is 3.84. The summed E-state index contributed by atoms with van der Waals surface area (Å²) in [6, 6.07) is 21.4. The highest BCUT2D eigenvalue weighted by molar-refractivity contribution is 9.10. The van der Waals surface area contributed by atoms with E-state index in [1.165, 1.54) is 0 Å². The lowest BCUT2D eigenvalue weighted by molar-refractivity contribution is -0.203. The van der Waals surface area contributed by atoms with Gasteiger partial charge in [0.25, 0.3) is 0 Å². The van der Waals surface area contributed by atoms with Crippen LogP contribution in [0.2, 0.25) is 0 Å². The van der Waals surface area contributed by atoms with E-state index < -0.39 is 24.0 Å². The molecular formula is C28H24BrF3N2O5. The molecule has 204 valence electrons. The van der Waals surface area contributed by atoms with Crippen LogP contribution in [0.1, 0.15) is 17.0 Å². The number of hydrogen-bond donors (Lipinski definition) is 1. The maximum absolute atomic E-state index is 12.7. The molecule has 7 nitrogen and oxygen atoms in total. The molecule has 3 aromatic carbocycles. The van der Waals surface area contributed by atoms with Crippen LogP contribution in [0.4, 0.5) is 13.2 Å². The SMILES string of the molecule is O=C(OC(=O)C(F)(F)F)C(Cc1ccc(OCCNCc2nc3ccccc3o2)cc1)Cc1ccccc1Br. The van der Waals surface area contributed by atoms with Gasteiger partial charge in [0.15, 0.2) is 5.58 Å². The van der Waals surface area contributed by atoms with Crippen molar-refractivity contribution in [2.75, 3.05) is 13.2 Å². The second-order valence-corrected chi connectivity index (χ2v) is 9.50. The summed E-state index contributed by atoms with van der Waals surface area (Å²) in [6.45, 7) is 1.35. The van der Waals surface area contributed by atoms with Gasteiger partial charge in [0.2, 0.25) is 5.89 Å². The Balaban J connectivity index is 1.30. The fraction of sp³-hybridized carbons (Fsp3) is 0.250. The minimum Gasteiger partial charge on any atom is -0.492 e. The van der Waals surface area contributed by atoms with Gasteiger partial charge in [0.1, 0.15) is 17.9 Å². The molecule has 1 N–H and O–H groups in total. The zero-order valence-electron chi connectivity index (χ0n) is 20.5. The average molecular weight is 605 g/mol. The number of fused-ring (bicyclic) bond motifs is 1. The summed E-state index contributed by atoms with van der Waals surface area (Å²) >= 11 is 3.38. The van der Waals surface area contributed by atoms with Crippen LogP contribution in [0.3, 0.4) is 0 Å². The first kappa shape index (κ1) is 28.3. The van der Waals surface area contributed by atoms with Crippen LogP contribution in [-0.2, 0) is 33.7 Å². The fourth-order valence-corrected chi connectivity index (χ4v) is 4.29. The van der Waals surface area contributed by atoms with Crippen molar-refractivity contribution in [2.24, 2.45) is 5.92 Å². The number of para-hydroxylation sites is 2. The van der Waals surface area contributed by atoms with Crippen LogP contribution in [-0.4, -0.2) is 36.3 Å². The molecule has 4 aromatic rings. The Morgan fingerprint density at radius 3 is 2.41 bits per heavy atom. The highest BCUT2D eigenvalue weighted by Crippen LogP contribution is 2.25. The molecule has 1 heterocycles. The molecule has 0 spiro atoms. The number of ether oxygens (including phenoxy) is 2. The Kier molecular flexibility index (Phi) is 9.36. The van der Waals surface area contributed by atoms with Crippen LogP contribution in [0.25, 0.3) is 11.1 Å². The predicted octanol–water partition coefficient (Wildman–Crippen LogP) is 5.79. The molecule has 0 aliphatic heterocycles. The first-order chi connectivity index (χ1) is 18.7. The molecule has 0 aliphatic rings. The number of nitrogens with one attached hydrogen (secondary N) is 1. The minimum atomic E-state index is -5.26. The van der Waals surface area contributed by atoms with Gasteiger partial charge in [-0.3, -0.25) is 4.79 Å². The summed E-state index contributed by atoms with van der Waals surface area (Å²) in [7, 11) is 0. The topological polar surface area (TPSA) is 90.7 Å². The van der Waals surface area contributed by atoms with Crippen molar-refractivity contribution in [3.63, 3.8) is 0 Å². The van der Waals surface area contributed by atoms with Crippen molar-refractivity contribution in [3.8, 4) is 5.75 Å². The molecule has 0 bridgehead atoms. The molecule has 0 fully saturated rings. The van der Waals surface area contributed by atoms with E-state index in [1.54, 1.807) is 48.5 Å². The van der Waals surface area contributed by atoms with Gasteiger partial charge in [-0.2, -0.15) is 13.2 Å². The molecule has 0 radical (unpaired) electrons. The van der Waals surface area contributed by atoms with Crippen molar-refractivity contribution in [1.82, 2.24) is 10.3 Å². The standard InChI is InChI=1S/C28H24BrF3N2O5/c29-22-6-2-1-5-19(22)16-20(26(35)39-27(36)28(30,31)32)15-18-9-11-21(12-10-18)37-14-13-33-17-25-34-23-7-3-4-8-24(23)38-25/h1-12,20,33H,13-17H2. The van der Waals surface area contributed by atoms with Gasteiger partial charge in [0.05, 0.1) is 12.5 Å². The first-order valence-corrected chi connectivity index (χ1v) is 12.8. The summed E-state index contributed by atoms with van der Waals surface area (Å²) in [6.07, 6.45) is -5.11. The van der Waals surface area contributed by atoms with Gasteiger partial charge in [-0.15, -0.1) is 0 Å². The lowest BCUT2D eigenvalue weighted by Crippen LogP contribution is -2.32. The van der Waals surface area contributed by atoms with Crippen molar-refractivity contribution >= 4 is 39.0 Å². The molecule has 0 saturated heterocycles. The third kappa shape index (κ3) is 8.14. The predicted molar refractivity (Wildman–Crippen MR) is 140 cm³/mol. The van der Waals surface area contributed by atoms with Crippen molar-refractivity contribution in [3.05, 3.63) is 94.3 Å². The maximum Gasteiger partial charge on any atom is 0.491 e. The second kappa shape index (κ2) is 12.9. The van der Waals surface area contributed by atoms with E-state index in [0.717, 1.165) is 11.1 Å². The molecule has 0 saturated carbocycles. The quantitative estimate of drug-likeness (QED) is 0.132. The van der Waals surface area contributed by atoms with Crippen LogP contribution >= 0.6 is 15.9 Å². The van der Waals surface area contributed by atoms with Gasteiger partial charge >= 0.3 is 18.1 Å². The van der Waals surface area contributed by atoms with E-state index in [0.29, 0.717) is 46.9 Å². The Hall–Kier alpha value is -3.70. The number of halogens is 4. The van der Waals surface area contributed by atoms with Gasteiger partial charge in [-0.1, -0.05) is 58.4 Å². The molecule has 4 rings (SSSR count). The van der Waals surface area contributed by atoms with Crippen LogP contribution in [0, 0.1) is 5.92 Å². The van der Waals surface area contributed by atoms with Crippen LogP contribution in [0.5, 0.6) is 5.75 Å². The highest BCUT2D eigenvalue weighted by atomic mass is 79.9. The number of alkyl halides is 3. The molecule has 0 aliphatic carbocycles. The van der Waals surface area contributed by atoms with Crippen LogP contribution < -0.4 is 10.1 Å². The molecule has 39 heavy (non-hydrogen) atoms. The second-order valence-electron chi connectivity index (χ2n) is 8.65. The van der Waals surface area contributed by atoms with Crippen LogP contribution in [0.15, 0.2) is 81.7 Å². The number of rotatable bonds is 11. The Labute approximate surface area is 230 Å². The average Bonchev–Trinajstić information content (AvgIpc) is 3.32. The van der Waals surface area contributed by atoms with E-state index >= 15 is 0 Å². The minimum absolute atomic E-state index is 0.0671. The number of carbonyl (C=O) groups is 2. The largest absolute Gasteiger partial charge is 0.492 e. The van der Waals surface area contributed by atoms with E-state index in [4.69, 9.17) is 9.15 Å². The van der Waals surface area contributed by atoms with Gasteiger partial charge < -0.3 is 19.2 Å².